The van der Waals surface area contributed by atoms with Crippen molar-refractivity contribution in [3.8, 4) is 5.75 Å². The lowest BCUT2D eigenvalue weighted by atomic mass is 9.94. The van der Waals surface area contributed by atoms with E-state index in [0.29, 0.717) is 24.3 Å². The van der Waals surface area contributed by atoms with Gasteiger partial charge in [0.25, 0.3) is 0 Å². The zero-order chi connectivity index (χ0) is 31.5. The molecule has 0 heterocycles. The summed E-state index contributed by atoms with van der Waals surface area (Å²) in [5.41, 5.74) is 3.33. The van der Waals surface area contributed by atoms with Crippen molar-refractivity contribution in [2.75, 3.05) is 24.2 Å². The van der Waals surface area contributed by atoms with Crippen LogP contribution in [0.4, 0.5) is 5.69 Å². The van der Waals surface area contributed by atoms with Crippen LogP contribution in [-0.4, -0.2) is 57.1 Å². The van der Waals surface area contributed by atoms with E-state index in [-0.39, 0.29) is 37.4 Å². The van der Waals surface area contributed by atoms with Crippen LogP contribution < -0.4 is 14.4 Å². The first-order chi connectivity index (χ1) is 21.1. The van der Waals surface area contributed by atoms with Crippen LogP contribution in [0.3, 0.4) is 0 Å². The Kier molecular flexibility index (Phi) is 11.8. The second-order valence-corrected chi connectivity index (χ2v) is 13.6. The fourth-order valence-corrected chi connectivity index (χ4v) is 6.81. The fraction of sp³-hybridized carbons (Fsp3) is 0.429. The van der Waals surface area contributed by atoms with Gasteiger partial charge in [-0.05, 0) is 67.1 Å². The number of rotatable bonds is 14. The van der Waals surface area contributed by atoms with E-state index in [1.165, 1.54) is 17.0 Å². The van der Waals surface area contributed by atoms with Gasteiger partial charge in [0, 0.05) is 32.0 Å². The van der Waals surface area contributed by atoms with Gasteiger partial charge in [0.15, 0.2) is 0 Å². The van der Waals surface area contributed by atoms with Crippen LogP contribution in [0.25, 0.3) is 0 Å². The van der Waals surface area contributed by atoms with Crippen LogP contribution in [-0.2, 0) is 32.6 Å². The number of sulfonamides is 1. The van der Waals surface area contributed by atoms with E-state index in [1.807, 2.05) is 79.7 Å². The number of carbonyl (C=O) groups is 2. The number of aryl methyl sites for hydroxylation is 1. The number of benzene rings is 3. The summed E-state index contributed by atoms with van der Waals surface area (Å²) in [7, 11) is -1.97. The number of hydrogen-bond acceptors (Lipinski definition) is 5. The molecule has 0 unspecified atom stereocenters. The molecule has 4 rings (SSSR count). The van der Waals surface area contributed by atoms with Crippen LogP contribution in [0.15, 0.2) is 78.9 Å². The Morgan fingerprint density at radius 2 is 1.64 bits per heavy atom. The Morgan fingerprint density at radius 3 is 2.32 bits per heavy atom. The summed E-state index contributed by atoms with van der Waals surface area (Å²) >= 11 is 0. The smallest absolute Gasteiger partial charge is 0.243 e. The maximum Gasteiger partial charge on any atom is 0.243 e. The summed E-state index contributed by atoms with van der Waals surface area (Å²) in [5, 5.41) is 3.26. The third kappa shape index (κ3) is 9.58. The summed E-state index contributed by atoms with van der Waals surface area (Å²) in [5.74, 6) is 0.308. The maximum atomic E-state index is 14.1. The molecule has 236 valence electrons. The molecule has 44 heavy (non-hydrogen) atoms. The molecule has 1 saturated carbocycles. The van der Waals surface area contributed by atoms with E-state index in [4.69, 9.17) is 4.74 Å². The number of hydrogen-bond donors (Lipinski definition) is 1. The molecule has 1 fully saturated rings. The van der Waals surface area contributed by atoms with Gasteiger partial charge < -0.3 is 15.0 Å². The van der Waals surface area contributed by atoms with Crippen molar-refractivity contribution >= 4 is 27.5 Å². The first-order valence-corrected chi connectivity index (χ1v) is 17.3. The van der Waals surface area contributed by atoms with Gasteiger partial charge in [-0.3, -0.25) is 13.9 Å². The predicted molar refractivity (Wildman–Crippen MR) is 175 cm³/mol. The normalized spacial score (nSPS) is 14.4. The highest BCUT2D eigenvalue weighted by molar-refractivity contribution is 7.92. The number of amides is 2. The number of anilines is 1. The van der Waals surface area contributed by atoms with E-state index in [9.17, 15) is 18.0 Å². The van der Waals surface area contributed by atoms with Gasteiger partial charge in [-0.1, -0.05) is 73.9 Å². The third-order valence-corrected chi connectivity index (χ3v) is 9.35. The minimum Gasteiger partial charge on any atom is -0.497 e. The molecule has 3 aromatic carbocycles. The van der Waals surface area contributed by atoms with Gasteiger partial charge in [-0.2, -0.15) is 0 Å². The van der Waals surface area contributed by atoms with E-state index in [0.717, 1.165) is 42.4 Å². The summed E-state index contributed by atoms with van der Waals surface area (Å²) < 4.78 is 32.2. The SMILES string of the molecule is COc1cccc(CN(C(=O)CCCN(c2cccc(C)c2)S(C)(=O)=O)[C@@H](Cc2ccccc2)C(=O)NC2CCCCC2)c1. The van der Waals surface area contributed by atoms with Gasteiger partial charge in [0.05, 0.1) is 19.1 Å². The van der Waals surface area contributed by atoms with Crippen molar-refractivity contribution < 1.29 is 22.7 Å². The second-order valence-electron chi connectivity index (χ2n) is 11.7. The molecular weight excluding hydrogens is 574 g/mol. The largest absolute Gasteiger partial charge is 0.497 e. The minimum absolute atomic E-state index is 0.0871. The molecule has 0 saturated heterocycles. The average Bonchev–Trinajstić information content (AvgIpc) is 3.01. The number of methoxy groups -OCH3 is 1. The average molecular weight is 620 g/mol. The maximum absolute atomic E-state index is 14.1. The topological polar surface area (TPSA) is 96.0 Å². The first-order valence-electron chi connectivity index (χ1n) is 15.4. The van der Waals surface area contributed by atoms with Crippen LogP contribution >= 0.6 is 0 Å². The summed E-state index contributed by atoms with van der Waals surface area (Å²) in [6, 6.07) is 23.9. The Balaban J connectivity index is 1.60. The molecule has 3 aromatic rings. The molecule has 0 aliphatic heterocycles. The highest BCUT2D eigenvalue weighted by Crippen LogP contribution is 2.23. The van der Waals surface area contributed by atoms with Gasteiger partial charge in [-0.25, -0.2) is 8.42 Å². The third-order valence-electron chi connectivity index (χ3n) is 8.15. The molecular formula is C35H45N3O5S. The highest BCUT2D eigenvalue weighted by Gasteiger charge is 2.32. The molecule has 9 heteroatoms. The van der Waals surface area contributed by atoms with Gasteiger partial charge >= 0.3 is 0 Å². The van der Waals surface area contributed by atoms with Gasteiger partial charge in [-0.15, -0.1) is 0 Å². The Morgan fingerprint density at radius 1 is 0.932 bits per heavy atom. The van der Waals surface area contributed by atoms with E-state index in [1.54, 1.807) is 18.1 Å². The lowest BCUT2D eigenvalue weighted by molar-refractivity contribution is -0.141. The van der Waals surface area contributed by atoms with Crippen molar-refractivity contribution in [2.45, 2.75) is 76.9 Å². The molecule has 1 aliphatic carbocycles. The second kappa shape index (κ2) is 15.7. The molecule has 8 nitrogen and oxygen atoms in total. The zero-order valence-electron chi connectivity index (χ0n) is 26.1. The lowest BCUT2D eigenvalue weighted by Gasteiger charge is -2.34. The van der Waals surface area contributed by atoms with Crippen molar-refractivity contribution in [1.29, 1.82) is 0 Å². The monoisotopic (exact) mass is 619 g/mol. The molecule has 0 bridgehead atoms. The number of ether oxygens (including phenoxy) is 1. The van der Waals surface area contributed by atoms with Crippen LogP contribution in [0.2, 0.25) is 0 Å². The standard InChI is InChI=1S/C35H45N3O5S/c1-27-13-10-19-31(23-27)38(44(3,41)42)22-12-21-34(39)37(26-29-16-11-20-32(24-29)43-2)33(25-28-14-6-4-7-15-28)35(40)36-30-17-8-5-9-18-30/h4,6-7,10-11,13-16,19-20,23-24,30,33H,5,8-9,12,17-18,21-22,25-26H2,1-3H3,(H,36,40)/t33-/m0/s1. The molecule has 1 aliphatic rings. The summed E-state index contributed by atoms with van der Waals surface area (Å²) in [6.45, 7) is 2.28. The van der Waals surface area contributed by atoms with Crippen LogP contribution in [0.5, 0.6) is 5.75 Å². The zero-order valence-corrected chi connectivity index (χ0v) is 26.9. The number of nitrogens with zero attached hydrogens (tertiary/aromatic N) is 2. The lowest BCUT2D eigenvalue weighted by Crippen LogP contribution is -2.52. The molecule has 2 amide bonds. The first kappa shape index (κ1) is 33.1. The highest BCUT2D eigenvalue weighted by atomic mass is 32.2. The predicted octanol–water partition coefficient (Wildman–Crippen LogP) is 5.64. The Labute approximate surface area is 262 Å². The van der Waals surface area contributed by atoms with Gasteiger partial charge in [0.2, 0.25) is 21.8 Å². The molecule has 1 N–H and O–H groups in total. The fourth-order valence-electron chi connectivity index (χ4n) is 5.85. The quantitative estimate of drug-likeness (QED) is 0.252. The number of nitrogens with one attached hydrogen (secondary N) is 1. The summed E-state index contributed by atoms with van der Waals surface area (Å²) in [6.07, 6.45) is 7.15. The van der Waals surface area contributed by atoms with Crippen molar-refractivity contribution in [3.63, 3.8) is 0 Å². The van der Waals surface area contributed by atoms with Crippen molar-refractivity contribution in [3.05, 3.63) is 95.6 Å². The van der Waals surface area contributed by atoms with Gasteiger partial charge in [0.1, 0.15) is 11.8 Å². The van der Waals surface area contributed by atoms with Crippen molar-refractivity contribution in [1.82, 2.24) is 10.2 Å². The summed E-state index contributed by atoms with van der Waals surface area (Å²) in [4.78, 5) is 29.8. The molecule has 0 radical (unpaired) electrons. The molecule has 0 spiro atoms. The molecule has 1 atom stereocenters. The number of carbonyl (C=O) groups excluding carboxylic acids is 2. The minimum atomic E-state index is -3.57. The van der Waals surface area contributed by atoms with E-state index >= 15 is 0 Å². The van der Waals surface area contributed by atoms with Crippen molar-refractivity contribution in [2.24, 2.45) is 0 Å². The molecule has 0 aromatic heterocycles. The van der Waals surface area contributed by atoms with Crippen LogP contribution in [0, 0.1) is 6.92 Å². The Hall–Kier alpha value is -3.85. The van der Waals surface area contributed by atoms with Crippen LogP contribution in [0.1, 0.15) is 61.6 Å². The van der Waals surface area contributed by atoms with E-state index in [2.05, 4.69) is 5.32 Å². The Bertz CT molecular complexity index is 1490. The van der Waals surface area contributed by atoms with E-state index < -0.39 is 16.1 Å².